The van der Waals surface area contributed by atoms with E-state index in [1.165, 1.54) is 0 Å². The highest BCUT2D eigenvalue weighted by Gasteiger charge is 2.43. The van der Waals surface area contributed by atoms with Crippen molar-refractivity contribution in [2.75, 3.05) is 0 Å². The van der Waals surface area contributed by atoms with Gasteiger partial charge in [-0.3, -0.25) is 0 Å². The molecular weight excluding hydrogens is 344 g/mol. The molecule has 0 spiro atoms. The molecule has 4 rings (SSSR count). The lowest BCUT2D eigenvalue weighted by molar-refractivity contribution is -0.229. The maximum atomic E-state index is 12.5. The number of hydrogen-bond donors (Lipinski definition) is 0. The smallest absolute Gasteiger partial charge is 0.340 e. The summed E-state index contributed by atoms with van der Waals surface area (Å²) in [5.41, 5.74) is 0.506. The zero-order valence-corrected chi connectivity index (χ0v) is 15.5. The van der Waals surface area contributed by atoms with Crippen LogP contribution < -0.4 is 0 Å². The van der Waals surface area contributed by atoms with E-state index in [0.717, 1.165) is 0 Å². The van der Waals surface area contributed by atoms with Gasteiger partial charge < -0.3 is 9.47 Å². The summed E-state index contributed by atoms with van der Waals surface area (Å²) >= 11 is 0. The Labute approximate surface area is 157 Å². The van der Waals surface area contributed by atoms with E-state index in [9.17, 15) is 4.79 Å². The van der Waals surface area contributed by atoms with Crippen molar-refractivity contribution >= 4 is 11.7 Å². The van der Waals surface area contributed by atoms with E-state index in [-0.39, 0.29) is 23.9 Å². The summed E-state index contributed by atoms with van der Waals surface area (Å²) in [6.45, 7) is 6.29. The molecule has 0 N–H and O–H groups in total. The van der Waals surface area contributed by atoms with Gasteiger partial charge in [0.2, 0.25) is 6.29 Å². The Hall–Kier alpha value is -2.80. The summed E-state index contributed by atoms with van der Waals surface area (Å²) in [4.78, 5) is 21.2. The third-order valence-electron chi connectivity index (χ3n) is 5.47. The molecule has 3 unspecified atom stereocenters. The van der Waals surface area contributed by atoms with Crippen molar-refractivity contribution in [3.05, 3.63) is 60.2 Å². The second kappa shape index (κ2) is 7.08. The van der Waals surface area contributed by atoms with E-state index < -0.39 is 12.3 Å². The number of rotatable bonds is 3. The third-order valence-corrected chi connectivity index (χ3v) is 5.47. The quantitative estimate of drug-likeness (QED) is 0.662. The number of carbonyl (C=O) groups excluding carboxylic acids is 1. The molecule has 1 aliphatic heterocycles. The van der Waals surface area contributed by atoms with E-state index in [1.807, 2.05) is 25.1 Å². The molecule has 7 nitrogen and oxygen atoms in total. The molecule has 140 valence electrons. The van der Waals surface area contributed by atoms with Gasteiger partial charge >= 0.3 is 5.97 Å². The molecule has 27 heavy (non-hydrogen) atoms. The minimum atomic E-state index is -0.659. The topological polar surface area (TPSA) is 78.6 Å². The minimum Gasteiger partial charge on any atom is -0.432 e. The van der Waals surface area contributed by atoms with Crippen LogP contribution in [0.25, 0.3) is 5.78 Å². The maximum absolute atomic E-state index is 12.5. The fraction of sp³-hybridized carbons (Fsp3) is 0.400. The Morgan fingerprint density at radius 1 is 1.07 bits per heavy atom. The SMILES string of the molecule is CC1C(OC(=O)c2ccccc2)OC(c2nc3ncccn3n2)[C@H](C)[C@@H]1C. The zero-order valence-electron chi connectivity index (χ0n) is 15.5. The second-order valence-electron chi connectivity index (χ2n) is 7.11. The first-order valence-electron chi connectivity index (χ1n) is 9.13. The average molecular weight is 366 g/mol. The number of benzene rings is 1. The zero-order chi connectivity index (χ0) is 19.0. The van der Waals surface area contributed by atoms with Gasteiger partial charge in [-0.25, -0.2) is 14.3 Å². The Balaban J connectivity index is 1.58. The Morgan fingerprint density at radius 3 is 2.59 bits per heavy atom. The van der Waals surface area contributed by atoms with Crippen molar-refractivity contribution in [3.63, 3.8) is 0 Å². The molecule has 7 heteroatoms. The van der Waals surface area contributed by atoms with Crippen LogP contribution in [0.1, 0.15) is 43.1 Å². The van der Waals surface area contributed by atoms with Gasteiger partial charge in [-0.15, -0.1) is 5.10 Å². The van der Waals surface area contributed by atoms with Crippen molar-refractivity contribution in [2.24, 2.45) is 17.8 Å². The minimum absolute atomic E-state index is 0.0547. The van der Waals surface area contributed by atoms with Crippen molar-refractivity contribution in [1.82, 2.24) is 19.6 Å². The summed E-state index contributed by atoms with van der Waals surface area (Å²) < 4.78 is 13.5. The Kier molecular flexibility index (Phi) is 4.61. The molecule has 3 aromatic rings. The predicted molar refractivity (Wildman–Crippen MR) is 97.7 cm³/mol. The molecule has 1 saturated heterocycles. The summed E-state index contributed by atoms with van der Waals surface area (Å²) in [7, 11) is 0. The second-order valence-corrected chi connectivity index (χ2v) is 7.11. The number of ether oxygens (including phenoxy) is 2. The van der Waals surface area contributed by atoms with Gasteiger partial charge in [0.25, 0.3) is 5.78 Å². The monoisotopic (exact) mass is 366 g/mol. The number of aromatic nitrogens is 4. The summed E-state index contributed by atoms with van der Waals surface area (Å²) in [5.74, 6) is 1.17. The molecule has 0 aliphatic carbocycles. The van der Waals surface area contributed by atoms with Crippen molar-refractivity contribution in [1.29, 1.82) is 0 Å². The first-order valence-corrected chi connectivity index (χ1v) is 9.13. The number of hydrogen-bond acceptors (Lipinski definition) is 6. The molecule has 1 fully saturated rings. The predicted octanol–water partition coefficient (Wildman–Crippen LogP) is 3.29. The molecule has 0 radical (unpaired) electrons. The highest BCUT2D eigenvalue weighted by Crippen LogP contribution is 2.42. The first kappa shape index (κ1) is 17.6. The summed E-state index contributed by atoms with van der Waals surface area (Å²) in [6.07, 6.45) is 2.44. The van der Waals surface area contributed by atoms with E-state index in [0.29, 0.717) is 17.2 Å². The van der Waals surface area contributed by atoms with E-state index in [1.54, 1.807) is 35.1 Å². The summed E-state index contributed by atoms with van der Waals surface area (Å²) in [5, 5.41) is 4.50. The largest absolute Gasteiger partial charge is 0.432 e. The maximum Gasteiger partial charge on any atom is 0.340 e. The van der Waals surface area contributed by atoms with Crippen LogP contribution in [-0.2, 0) is 9.47 Å². The number of carbonyl (C=O) groups is 1. The lowest BCUT2D eigenvalue weighted by atomic mass is 9.78. The highest BCUT2D eigenvalue weighted by atomic mass is 16.7. The Bertz CT molecular complexity index is 910. The molecule has 0 saturated carbocycles. The first-order chi connectivity index (χ1) is 13.0. The van der Waals surface area contributed by atoms with Gasteiger partial charge in [0, 0.05) is 18.3 Å². The van der Waals surface area contributed by atoms with Gasteiger partial charge in [0.05, 0.1) is 5.56 Å². The van der Waals surface area contributed by atoms with Crippen molar-refractivity contribution < 1.29 is 14.3 Å². The molecule has 2 aromatic heterocycles. The van der Waals surface area contributed by atoms with Crippen LogP contribution in [0, 0.1) is 17.8 Å². The van der Waals surface area contributed by atoms with Gasteiger partial charge in [-0.2, -0.15) is 4.98 Å². The fourth-order valence-electron chi connectivity index (χ4n) is 3.44. The van der Waals surface area contributed by atoms with Crippen LogP contribution in [-0.4, -0.2) is 31.8 Å². The van der Waals surface area contributed by atoms with E-state index in [4.69, 9.17) is 9.47 Å². The van der Waals surface area contributed by atoms with Gasteiger partial charge in [-0.05, 0) is 30.0 Å². The molecular formula is C20H22N4O3. The van der Waals surface area contributed by atoms with E-state index >= 15 is 0 Å². The molecule has 0 bridgehead atoms. The van der Waals surface area contributed by atoms with E-state index in [2.05, 4.69) is 28.9 Å². The van der Waals surface area contributed by atoms with Crippen LogP contribution in [0.5, 0.6) is 0 Å². The van der Waals surface area contributed by atoms with Crippen LogP contribution in [0.4, 0.5) is 0 Å². The third kappa shape index (κ3) is 3.30. The molecule has 5 atom stereocenters. The van der Waals surface area contributed by atoms with Crippen LogP contribution >= 0.6 is 0 Å². The lowest BCUT2D eigenvalue weighted by Gasteiger charge is -2.41. The number of nitrogens with zero attached hydrogens (tertiary/aromatic N) is 4. The van der Waals surface area contributed by atoms with Crippen LogP contribution in [0.2, 0.25) is 0 Å². The number of fused-ring (bicyclic) bond motifs is 1. The van der Waals surface area contributed by atoms with Crippen LogP contribution in [0.15, 0.2) is 48.8 Å². The summed E-state index contributed by atoms with van der Waals surface area (Å²) in [6, 6.07) is 10.7. The molecule has 0 amide bonds. The van der Waals surface area contributed by atoms with Crippen molar-refractivity contribution in [2.45, 2.75) is 33.2 Å². The van der Waals surface area contributed by atoms with Crippen LogP contribution in [0.3, 0.4) is 0 Å². The molecule has 3 heterocycles. The standard InChI is InChI=1S/C20H22N4O3/c1-12-13(2)16(17-22-20-21-10-7-11-24(20)23-17)26-19(14(12)3)27-18(25)15-8-5-4-6-9-15/h4-14,16,19H,1-3H3/t12-,13+,14?,16?,19?/m0/s1. The lowest BCUT2D eigenvalue weighted by Crippen LogP contribution is -2.43. The van der Waals surface area contributed by atoms with Gasteiger partial charge in [0.1, 0.15) is 6.10 Å². The van der Waals surface area contributed by atoms with Gasteiger partial charge in [-0.1, -0.05) is 39.0 Å². The average Bonchev–Trinajstić information content (AvgIpc) is 3.13. The van der Waals surface area contributed by atoms with Crippen molar-refractivity contribution in [3.8, 4) is 0 Å². The molecule has 1 aliphatic rings. The van der Waals surface area contributed by atoms with Gasteiger partial charge in [0.15, 0.2) is 5.82 Å². The number of esters is 1. The fourth-order valence-corrected chi connectivity index (χ4v) is 3.44. The normalized spacial score (nSPS) is 28.2. The molecule has 1 aromatic carbocycles. The highest BCUT2D eigenvalue weighted by molar-refractivity contribution is 5.89. The Morgan fingerprint density at radius 2 is 1.85 bits per heavy atom.